The molecule has 0 saturated heterocycles. The molecule has 0 spiro atoms. The predicted octanol–water partition coefficient (Wildman–Crippen LogP) is 6.38. The number of rotatable bonds is 18. The molecule has 0 aliphatic rings. The zero-order chi connectivity index (χ0) is 18.8. The zero-order valence-electron chi connectivity index (χ0n) is 17.9. The second kappa shape index (κ2) is 16.9. The van der Waals surface area contributed by atoms with E-state index in [1.165, 1.54) is 77.0 Å². The largest absolute Gasteiger partial charge is 0.270 e. The summed E-state index contributed by atoms with van der Waals surface area (Å²) in [5.74, 6) is 0.230. The van der Waals surface area contributed by atoms with Gasteiger partial charge in [0.15, 0.2) is 0 Å². The maximum absolute atomic E-state index is 12.1. The number of nitrogens with zero attached hydrogens (tertiary/aromatic N) is 1. The fourth-order valence-electron chi connectivity index (χ4n) is 3.53. The van der Waals surface area contributed by atoms with Crippen molar-refractivity contribution in [3.05, 3.63) is 0 Å². The van der Waals surface area contributed by atoms with Crippen LogP contribution in [-0.2, 0) is 4.79 Å². The van der Waals surface area contributed by atoms with Crippen molar-refractivity contribution in [1.82, 2.24) is 5.43 Å². The molecule has 0 aromatic heterocycles. The Balaban J connectivity index is 3.42. The van der Waals surface area contributed by atoms with Gasteiger partial charge in [-0.1, -0.05) is 84.0 Å². The molecule has 0 atom stereocenters. The first kappa shape index (κ1) is 24.4. The van der Waals surface area contributed by atoms with Crippen LogP contribution >= 0.6 is 0 Å². The van der Waals surface area contributed by atoms with Crippen molar-refractivity contribution in [2.75, 3.05) is 19.6 Å². The normalized spacial score (nSPS) is 11.7. The molecule has 0 aromatic carbocycles. The lowest BCUT2D eigenvalue weighted by Crippen LogP contribution is -2.59. The highest BCUT2D eigenvalue weighted by atomic mass is 16.2. The smallest absolute Gasteiger partial charge is 0.264 e. The summed E-state index contributed by atoms with van der Waals surface area (Å²) in [5, 5.41) is 0. The molecule has 0 heterocycles. The molecule has 150 valence electrons. The van der Waals surface area contributed by atoms with Gasteiger partial charge in [0.1, 0.15) is 0 Å². The average molecular weight is 356 g/mol. The van der Waals surface area contributed by atoms with Crippen LogP contribution in [0.25, 0.3) is 0 Å². The molecule has 1 N–H and O–H groups in total. The quantitative estimate of drug-likeness (QED) is 0.173. The lowest BCUT2D eigenvalue weighted by molar-refractivity contribution is -0.956. The molecular formula is C22H47N2O+. The minimum atomic E-state index is 0.230. The number of carbonyl (C=O) groups excluding carboxylic acids is 1. The molecule has 0 aromatic rings. The molecule has 3 nitrogen and oxygen atoms in total. The van der Waals surface area contributed by atoms with Gasteiger partial charge >= 0.3 is 0 Å². The van der Waals surface area contributed by atoms with Gasteiger partial charge in [0.05, 0.1) is 19.6 Å². The monoisotopic (exact) mass is 355 g/mol. The second-order valence-corrected chi connectivity index (χ2v) is 7.62. The average Bonchev–Trinajstić information content (AvgIpc) is 2.63. The number of quaternary nitrogens is 1. The van der Waals surface area contributed by atoms with Crippen molar-refractivity contribution in [1.29, 1.82) is 0 Å². The molecule has 0 unspecified atom stereocenters. The van der Waals surface area contributed by atoms with Crippen LogP contribution in [0.1, 0.15) is 118 Å². The molecule has 0 bridgehead atoms. The maximum atomic E-state index is 12.1. The third kappa shape index (κ3) is 13.3. The number of amides is 1. The molecule has 0 aliphatic carbocycles. The topological polar surface area (TPSA) is 29.1 Å². The van der Waals surface area contributed by atoms with Gasteiger partial charge in [0.2, 0.25) is 0 Å². The lowest BCUT2D eigenvalue weighted by Gasteiger charge is -2.34. The van der Waals surface area contributed by atoms with Crippen LogP contribution in [0.15, 0.2) is 0 Å². The Morgan fingerprint density at radius 2 is 0.960 bits per heavy atom. The Morgan fingerprint density at radius 1 is 0.600 bits per heavy atom. The van der Waals surface area contributed by atoms with Crippen LogP contribution in [-0.4, -0.2) is 30.1 Å². The van der Waals surface area contributed by atoms with Crippen LogP contribution in [0.4, 0.5) is 0 Å². The number of unbranched alkanes of at least 4 members (excludes halogenated alkanes) is 12. The van der Waals surface area contributed by atoms with E-state index in [2.05, 4.69) is 33.1 Å². The van der Waals surface area contributed by atoms with Crippen molar-refractivity contribution in [3.63, 3.8) is 0 Å². The fraction of sp³-hybridized carbons (Fsp3) is 0.955. The fourth-order valence-corrected chi connectivity index (χ4v) is 3.53. The Bertz CT molecular complexity index is 292. The third-order valence-corrected chi connectivity index (χ3v) is 5.69. The zero-order valence-corrected chi connectivity index (χ0v) is 17.9. The van der Waals surface area contributed by atoms with Crippen molar-refractivity contribution < 1.29 is 9.39 Å². The van der Waals surface area contributed by atoms with Crippen molar-refractivity contribution in [3.8, 4) is 0 Å². The first-order valence-electron chi connectivity index (χ1n) is 11.3. The highest BCUT2D eigenvalue weighted by Crippen LogP contribution is 2.13. The first-order chi connectivity index (χ1) is 12.1. The molecule has 0 aliphatic heterocycles. The van der Waals surface area contributed by atoms with E-state index >= 15 is 0 Å². The number of nitrogens with one attached hydrogen (secondary N) is 1. The van der Waals surface area contributed by atoms with Gasteiger partial charge in [0.25, 0.3) is 5.91 Å². The minimum Gasteiger partial charge on any atom is -0.270 e. The van der Waals surface area contributed by atoms with Gasteiger partial charge in [-0.2, -0.15) is 0 Å². The molecule has 25 heavy (non-hydrogen) atoms. The summed E-state index contributed by atoms with van der Waals surface area (Å²) in [6.45, 7) is 11.6. The SMILES string of the molecule is CCCCCCCCCCCCCCCC(=O)N[N+](CC)(CC)CC. The van der Waals surface area contributed by atoms with Crippen molar-refractivity contribution in [2.45, 2.75) is 118 Å². The molecule has 0 rings (SSSR count). The van der Waals surface area contributed by atoms with Gasteiger partial charge in [-0.05, 0) is 27.2 Å². The summed E-state index contributed by atoms with van der Waals surface area (Å²) < 4.78 is 0.720. The summed E-state index contributed by atoms with van der Waals surface area (Å²) >= 11 is 0. The molecular weight excluding hydrogens is 308 g/mol. The molecule has 1 amide bonds. The second-order valence-electron chi connectivity index (χ2n) is 7.62. The maximum Gasteiger partial charge on any atom is 0.264 e. The standard InChI is InChI=1S/C22H46N2O/c1-5-9-10-11-12-13-14-15-16-17-18-19-20-21-22(25)23-24(6-2,7-3)8-4/h5-21H2,1-4H3/p+1. The lowest BCUT2D eigenvalue weighted by atomic mass is 10.0. The first-order valence-corrected chi connectivity index (χ1v) is 11.3. The Morgan fingerprint density at radius 3 is 1.32 bits per heavy atom. The Kier molecular flexibility index (Phi) is 16.5. The summed E-state index contributed by atoms with van der Waals surface area (Å²) in [4.78, 5) is 12.1. The van der Waals surface area contributed by atoms with E-state index in [4.69, 9.17) is 0 Å². The van der Waals surface area contributed by atoms with Gasteiger partial charge in [0, 0.05) is 6.42 Å². The van der Waals surface area contributed by atoms with Gasteiger partial charge in [-0.15, -0.1) is 0 Å². The highest BCUT2D eigenvalue weighted by molar-refractivity contribution is 5.74. The Hall–Kier alpha value is -0.570. The van der Waals surface area contributed by atoms with E-state index < -0.39 is 0 Å². The minimum absolute atomic E-state index is 0.230. The van der Waals surface area contributed by atoms with Crippen LogP contribution < -0.4 is 5.43 Å². The van der Waals surface area contributed by atoms with Crippen LogP contribution in [0, 0.1) is 0 Å². The third-order valence-electron chi connectivity index (χ3n) is 5.69. The van der Waals surface area contributed by atoms with Gasteiger partial charge < -0.3 is 0 Å². The van der Waals surface area contributed by atoms with Gasteiger partial charge in [-0.3, -0.25) is 4.79 Å². The molecule has 0 radical (unpaired) electrons. The van der Waals surface area contributed by atoms with E-state index in [0.29, 0.717) is 6.42 Å². The molecule has 0 saturated carbocycles. The van der Waals surface area contributed by atoms with E-state index in [1.54, 1.807) is 0 Å². The van der Waals surface area contributed by atoms with E-state index in [-0.39, 0.29) is 5.91 Å². The Labute approximate surface area is 158 Å². The van der Waals surface area contributed by atoms with Crippen LogP contribution in [0.2, 0.25) is 0 Å². The number of hydrogen-bond acceptors (Lipinski definition) is 1. The predicted molar refractivity (Wildman–Crippen MR) is 110 cm³/mol. The van der Waals surface area contributed by atoms with Crippen LogP contribution in [0.3, 0.4) is 0 Å². The van der Waals surface area contributed by atoms with Crippen LogP contribution in [0.5, 0.6) is 0 Å². The number of carbonyl (C=O) groups is 1. The van der Waals surface area contributed by atoms with E-state index in [1.807, 2.05) is 0 Å². The van der Waals surface area contributed by atoms with Gasteiger partial charge in [-0.25, -0.2) is 10.0 Å². The summed E-state index contributed by atoms with van der Waals surface area (Å²) in [6, 6.07) is 0. The summed E-state index contributed by atoms with van der Waals surface area (Å²) in [7, 11) is 0. The molecule has 3 heteroatoms. The van der Waals surface area contributed by atoms with Crippen molar-refractivity contribution >= 4 is 5.91 Å². The van der Waals surface area contributed by atoms with E-state index in [9.17, 15) is 4.79 Å². The van der Waals surface area contributed by atoms with Crippen molar-refractivity contribution in [2.24, 2.45) is 0 Å². The summed E-state index contributed by atoms with van der Waals surface area (Å²) in [6.07, 6.45) is 18.2. The summed E-state index contributed by atoms with van der Waals surface area (Å²) in [5.41, 5.74) is 3.22. The highest BCUT2D eigenvalue weighted by Gasteiger charge is 2.23. The number of hydrogen-bond donors (Lipinski definition) is 1. The van der Waals surface area contributed by atoms with E-state index in [0.717, 1.165) is 30.6 Å². The molecule has 0 fully saturated rings.